The molecule has 0 spiro atoms. The van der Waals surface area contributed by atoms with Crippen molar-refractivity contribution in [2.45, 2.75) is 45.1 Å². The average Bonchev–Trinajstić information content (AvgIpc) is 2.91. The molecule has 1 heterocycles. The van der Waals surface area contributed by atoms with Crippen LogP contribution in [-0.2, 0) is 9.53 Å². The molecule has 3 aliphatic rings. The zero-order valence-electron chi connectivity index (χ0n) is 9.82. The summed E-state index contributed by atoms with van der Waals surface area (Å²) >= 11 is 0. The summed E-state index contributed by atoms with van der Waals surface area (Å²) in [6, 6.07) is 0. The van der Waals surface area contributed by atoms with Crippen molar-refractivity contribution < 1.29 is 14.6 Å². The Morgan fingerprint density at radius 3 is 2.62 bits per heavy atom. The number of esters is 1. The van der Waals surface area contributed by atoms with Crippen molar-refractivity contribution in [1.82, 2.24) is 0 Å². The molecule has 90 valence electrons. The van der Waals surface area contributed by atoms with E-state index in [1.165, 1.54) is 0 Å². The molecule has 0 aromatic carbocycles. The van der Waals surface area contributed by atoms with Gasteiger partial charge in [-0.05, 0) is 49.9 Å². The highest BCUT2D eigenvalue weighted by Crippen LogP contribution is 2.58. The summed E-state index contributed by atoms with van der Waals surface area (Å²) < 4.78 is 5.21. The first-order valence-corrected chi connectivity index (χ1v) is 6.52. The number of hydrogen-bond donors (Lipinski definition) is 1. The van der Waals surface area contributed by atoms with Crippen LogP contribution in [0.3, 0.4) is 0 Å². The zero-order chi connectivity index (χ0) is 11.3. The Labute approximate surface area is 96.2 Å². The lowest BCUT2D eigenvalue weighted by Crippen LogP contribution is -2.39. The molecule has 0 radical (unpaired) electrons. The molecule has 3 rings (SSSR count). The lowest BCUT2D eigenvalue weighted by molar-refractivity contribution is -0.150. The number of carbonyl (C=O) groups excluding carboxylic acids is 1. The molecule has 2 aliphatic carbocycles. The predicted molar refractivity (Wildman–Crippen MR) is 58.6 cm³/mol. The van der Waals surface area contributed by atoms with Gasteiger partial charge in [-0.3, -0.25) is 4.79 Å². The SMILES string of the molecule is CCC1(C2CC3CC2CC3O)CCOC1=O. The molecule has 2 saturated carbocycles. The lowest BCUT2D eigenvalue weighted by Gasteiger charge is -2.37. The average molecular weight is 224 g/mol. The van der Waals surface area contributed by atoms with Crippen molar-refractivity contribution in [3.63, 3.8) is 0 Å². The number of cyclic esters (lactones) is 1. The van der Waals surface area contributed by atoms with Gasteiger partial charge < -0.3 is 9.84 Å². The first-order chi connectivity index (χ1) is 7.67. The quantitative estimate of drug-likeness (QED) is 0.727. The van der Waals surface area contributed by atoms with Crippen molar-refractivity contribution in [3.8, 4) is 0 Å². The Morgan fingerprint density at radius 1 is 1.38 bits per heavy atom. The van der Waals surface area contributed by atoms with Crippen molar-refractivity contribution in [3.05, 3.63) is 0 Å². The van der Waals surface area contributed by atoms with Gasteiger partial charge in [-0.25, -0.2) is 0 Å². The number of hydrogen-bond acceptors (Lipinski definition) is 3. The Hall–Kier alpha value is -0.570. The highest BCUT2D eigenvalue weighted by molar-refractivity contribution is 5.79. The predicted octanol–water partition coefficient (Wildman–Crippen LogP) is 1.74. The zero-order valence-corrected chi connectivity index (χ0v) is 9.82. The molecule has 5 unspecified atom stereocenters. The van der Waals surface area contributed by atoms with Crippen LogP contribution in [0.4, 0.5) is 0 Å². The summed E-state index contributed by atoms with van der Waals surface area (Å²) in [6.45, 7) is 2.71. The number of carbonyl (C=O) groups is 1. The molecule has 3 fully saturated rings. The van der Waals surface area contributed by atoms with E-state index in [1.807, 2.05) is 0 Å². The van der Waals surface area contributed by atoms with Gasteiger partial charge in [0.1, 0.15) is 0 Å². The highest BCUT2D eigenvalue weighted by atomic mass is 16.5. The van der Waals surface area contributed by atoms with Gasteiger partial charge in [0.15, 0.2) is 0 Å². The van der Waals surface area contributed by atoms with E-state index >= 15 is 0 Å². The molecular formula is C13H20O3. The van der Waals surface area contributed by atoms with Crippen molar-refractivity contribution >= 4 is 5.97 Å². The van der Waals surface area contributed by atoms with E-state index in [1.54, 1.807) is 0 Å². The highest BCUT2D eigenvalue weighted by Gasteiger charge is 2.58. The molecule has 5 atom stereocenters. The van der Waals surface area contributed by atoms with Gasteiger partial charge >= 0.3 is 5.97 Å². The van der Waals surface area contributed by atoms with Gasteiger partial charge in [0.2, 0.25) is 0 Å². The summed E-state index contributed by atoms with van der Waals surface area (Å²) in [4.78, 5) is 12.0. The van der Waals surface area contributed by atoms with E-state index in [4.69, 9.17) is 4.74 Å². The molecule has 1 aliphatic heterocycles. The fourth-order valence-electron chi connectivity index (χ4n) is 4.41. The molecule has 0 amide bonds. The van der Waals surface area contributed by atoms with Crippen molar-refractivity contribution in [1.29, 1.82) is 0 Å². The smallest absolute Gasteiger partial charge is 0.312 e. The van der Waals surface area contributed by atoms with E-state index < -0.39 is 0 Å². The second-order valence-corrected chi connectivity index (χ2v) is 5.80. The summed E-state index contributed by atoms with van der Waals surface area (Å²) in [5.41, 5.74) is -0.209. The van der Waals surface area contributed by atoms with Crippen LogP contribution >= 0.6 is 0 Å². The van der Waals surface area contributed by atoms with Crippen LogP contribution < -0.4 is 0 Å². The molecular weight excluding hydrogens is 204 g/mol. The second kappa shape index (κ2) is 3.46. The van der Waals surface area contributed by atoms with E-state index in [2.05, 4.69) is 6.92 Å². The normalized spacial score (nSPS) is 51.0. The summed E-state index contributed by atoms with van der Waals surface area (Å²) in [5, 5.41) is 9.79. The van der Waals surface area contributed by atoms with Crippen LogP contribution in [0.1, 0.15) is 39.0 Å². The summed E-state index contributed by atoms with van der Waals surface area (Å²) in [5.74, 6) is 1.51. The minimum Gasteiger partial charge on any atom is -0.465 e. The molecule has 0 aromatic rings. The number of aliphatic hydroxyl groups is 1. The maximum Gasteiger partial charge on any atom is 0.312 e. The molecule has 16 heavy (non-hydrogen) atoms. The number of rotatable bonds is 2. The molecule has 3 heteroatoms. The van der Waals surface area contributed by atoms with Gasteiger partial charge in [0.25, 0.3) is 0 Å². The Balaban J connectivity index is 1.85. The molecule has 2 bridgehead atoms. The van der Waals surface area contributed by atoms with Gasteiger partial charge in [-0.1, -0.05) is 6.92 Å². The third-order valence-corrected chi connectivity index (χ3v) is 5.35. The van der Waals surface area contributed by atoms with Gasteiger partial charge in [0.05, 0.1) is 18.1 Å². The van der Waals surface area contributed by atoms with Gasteiger partial charge in [-0.15, -0.1) is 0 Å². The molecule has 1 N–H and O–H groups in total. The monoisotopic (exact) mass is 224 g/mol. The minimum atomic E-state index is -0.209. The largest absolute Gasteiger partial charge is 0.465 e. The van der Waals surface area contributed by atoms with Crippen molar-refractivity contribution in [2.24, 2.45) is 23.2 Å². The molecule has 0 aromatic heterocycles. The van der Waals surface area contributed by atoms with E-state index in [0.29, 0.717) is 24.4 Å². The van der Waals surface area contributed by atoms with Crippen LogP contribution in [0.2, 0.25) is 0 Å². The van der Waals surface area contributed by atoms with E-state index in [9.17, 15) is 9.90 Å². The molecule has 1 saturated heterocycles. The maximum absolute atomic E-state index is 12.0. The number of aliphatic hydroxyl groups excluding tert-OH is 1. The van der Waals surface area contributed by atoms with Gasteiger partial charge in [-0.2, -0.15) is 0 Å². The minimum absolute atomic E-state index is 0.0297. The van der Waals surface area contributed by atoms with E-state index in [0.717, 1.165) is 32.1 Å². The standard InChI is InChI=1S/C13H20O3/c1-2-13(3-4-16-12(13)15)10-6-9-5-8(10)7-11(9)14/h8-11,14H,2-7H2,1H3. The van der Waals surface area contributed by atoms with Crippen LogP contribution in [0.15, 0.2) is 0 Å². The summed E-state index contributed by atoms with van der Waals surface area (Å²) in [6.07, 6.45) is 4.76. The number of ether oxygens (including phenoxy) is 1. The first kappa shape index (κ1) is 10.6. The van der Waals surface area contributed by atoms with Gasteiger partial charge in [0, 0.05) is 0 Å². The van der Waals surface area contributed by atoms with Crippen molar-refractivity contribution in [2.75, 3.05) is 6.61 Å². The molecule has 3 nitrogen and oxygen atoms in total. The van der Waals surface area contributed by atoms with Crippen LogP contribution in [0, 0.1) is 23.2 Å². The van der Waals surface area contributed by atoms with Crippen LogP contribution in [-0.4, -0.2) is 23.8 Å². The fourth-order valence-corrected chi connectivity index (χ4v) is 4.41. The second-order valence-electron chi connectivity index (χ2n) is 5.80. The van der Waals surface area contributed by atoms with E-state index in [-0.39, 0.29) is 17.5 Å². The Bertz CT molecular complexity index is 312. The third kappa shape index (κ3) is 1.21. The van der Waals surface area contributed by atoms with Crippen LogP contribution in [0.25, 0.3) is 0 Å². The Morgan fingerprint density at radius 2 is 2.19 bits per heavy atom. The Kier molecular flexibility index (Phi) is 2.29. The fraction of sp³-hybridized carbons (Fsp3) is 0.923. The maximum atomic E-state index is 12.0. The summed E-state index contributed by atoms with van der Waals surface area (Å²) in [7, 11) is 0. The first-order valence-electron chi connectivity index (χ1n) is 6.52. The number of fused-ring (bicyclic) bond motifs is 2. The lowest BCUT2D eigenvalue weighted by atomic mass is 9.65. The van der Waals surface area contributed by atoms with Crippen LogP contribution in [0.5, 0.6) is 0 Å². The topological polar surface area (TPSA) is 46.5 Å². The third-order valence-electron chi connectivity index (χ3n) is 5.35.